The normalized spacial score (nSPS) is 17.5. The summed E-state index contributed by atoms with van der Waals surface area (Å²) < 4.78 is 19.6. The first-order chi connectivity index (χ1) is 12.4. The molecule has 1 saturated heterocycles. The molecule has 0 aromatic carbocycles. The number of morpholine rings is 1. The predicted molar refractivity (Wildman–Crippen MR) is 95.6 cm³/mol. The van der Waals surface area contributed by atoms with Gasteiger partial charge in [0.2, 0.25) is 5.95 Å². The molecule has 4 heterocycles. The Kier molecular flexibility index (Phi) is 4.22. The number of aromatic nitrogens is 4. The summed E-state index contributed by atoms with van der Waals surface area (Å²) in [5.41, 5.74) is 1.96. The molecule has 8 heteroatoms. The van der Waals surface area contributed by atoms with Crippen molar-refractivity contribution in [3.8, 4) is 0 Å². The molecule has 2 aromatic rings. The van der Waals surface area contributed by atoms with Gasteiger partial charge in [-0.1, -0.05) is 20.8 Å². The van der Waals surface area contributed by atoms with E-state index in [1.54, 1.807) is 0 Å². The molecule has 1 fully saturated rings. The van der Waals surface area contributed by atoms with Gasteiger partial charge in [-0.15, -0.1) is 0 Å². The van der Waals surface area contributed by atoms with Gasteiger partial charge in [-0.3, -0.25) is 0 Å². The minimum absolute atomic E-state index is 0.0989. The van der Waals surface area contributed by atoms with E-state index in [0.717, 1.165) is 17.1 Å². The molecule has 7 nitrogen and oxygen atoms in total. The summed E-state index contributed by atoms with van der Waals surface area (Å²) in [5.74, 6) is 1.29. The average molecular weight is 358 g/mol. The van der Waals surface area contributed by atoms with E-state index in [4.69, 9.17) is 9.72 Å². The molecule has 0 atom stereocenters. The molecular weight excluding hydrogens is 335 g/mol. The van der Waals surface area contributed by atoms with Crippen molar-refractivity contribution in [1.82, 2.24) is 19.9 Å². The van der Waals surface area contributed by atoms with Crippen LogP contribution in [0.5, 0.6) is 0 Å². The van der Waals surface area contributed by atoms with Gasteiger partial charge >= 0.3 is 0 Å². The van der Waals surface area contributed by atoms with Gasteiger partial charge in [-0.2, -0.15) is 4.98 Å². The van der Waals surface area contributed by atoms with E-state index in [1.165, 1.54) is 6.20 Å². The lowest BCUT2D eigenvalue weighted by Gasteiger charge is -2.28. The highest BCUT2D eigenvalue weighted by atomic mass is 19.1. The zero-order valence-electron chi connectivity index (χ0n) is 15.4. The maximum Gasteiger partial charge on any atom is 0.228 e. The molecule has 0 unspecified atom stereocenters. The van der Waals surface area contributed by atoms with Crippen LogP contribution in [0.2, 0.25) is 0 Å². The van der Waals surface area contributed by atoms with E-state index >= 15 is 0 Å². The zero-order chi connectivity index (χ0) is 18.3. The van der Waals surface area contributed by atoms with Gasteiger partial charge in [0, 0.05) is 36.8 Å². The summed E-state index contributed by atoms with van der Waals surface area (Å²) in [6, 6.07) is 0. The smallest absolute Gasteiger partial charge is 0.228 e. The van der Waals surface area contributed by atoms with Gasteiger partial charge in [0.05, 0.1) is 31.6 Å². The van der Waals surface area contributed by atoms with Crippen molar-refractivity contribution in [3.05, 3.63) is 35.3 Å². The molecule has 2 aliphatic heterocycles. The topological polar surface area (TPSA) is 67.3 Å². The average Bonchev–Trinajstić information content (AvgIpc) is 3.05. The monoisotopic (exact) mass is 358 g/mol. The van der Waals surface area contributed by atoms with Crippen LogP contribution in [0.3, 0.4) is 0 Å². The van der Waals surface area contributed by atoms with E-state index in [2.05, 4.69) is 35.7 Å². The van der Waals surface area contributed by atoms with Crippen molar-refractivity contribution in [2.45, 2.75) is 39.3 Å². The van der Waals surface area contributed by atoms with Crippen LogP contribution >= 0.6 is 0 Å². The lowest BCUT2D eigenvalue weighted by Crippen LogP contribution is -2.37. The molecule has 0 bridgehead atoms. The van der Waals surface area contributed by atoms with Crippen LogP contribution < -0.4 is 9.80 Å². The standard InChI is InChI=1S/C18H23FN6O/c1-18(2,3)16-20-8-12-10-25(11-14(12)22-16)17-21-9-13(19)15(23-17)24-4-6-26-7-5-24/h8-9H,4-7,10-11H2,1-3H3. The lowest BCUT2D eigenvalue weighted by atomic mass is 9.95. The van der Waals surface area contributed by atoms with Gasteiger partial charge in [0.25, 0.3) is 0 Å². The molecule has 0 radical (unpaired) electrons. The van der Waals surface area contributed by atoms with Crippen LogP contribution in [0.25, 0.3) is 0 Å². The summed E-state index contributed by atoms with van der Waals surface area (Å²) in [4.78, 5) is 21.8. The molecule has 0 spiro atoms. The molecular formula is C18H23FN6O. The van der Waals surface area contributed by atoms with Crippen LogP contribution in [0.4, 0.5) is 16.2 Å². The first-order valence-corrected chi connectivity index (χ1v) is 8.87. The van der Waals surface area contributed by atoms with Crippen molar-refractivity contribution in [3.63, 3.8) is 0 Å². The molecule has 2 aromatic heterocycles. The number of halogens is 1. The summed E-state index contributed by atoms with van der Waals surface area (Å²) >= 11 is 0. The van der Waals surface area contributed by atoms with Gasteiger partial charge in [-0.25, -0.2) is 19.3 Å². The maximum absolute atomic E-state index is 14.2. The van der Waals surface area contributed by atoms with Gasteiger partial charge in [0.15, 0.2) is 11.6 Å². The predicted octanol–water partition coefficient (Wildman–Crippen LogP) is 2.06. The molecule has 2 aliphatic rings. The fourth-order valence-electron chi connectivity index (χ4n) is 3.15. The van der Waals surface area contributed by atoms with Gasteiger partial charge < -0.3 is 14.5 Å². The lowest BCUT2D eigenvalue weighted by molar-refractivity contribution is 0.122. The second kappa shape index (κ2) is 6.42. The first-order valence-electron chi connectivity index (χ1n) is 8.87. The van der Waals surface area contributed by atoms with Gasteiger partial charge in [0.1, 0.15) is 5.82 Å². The second-order valence-corrected chi connectivity index (χ2v) is 7.71. The van der Waals surface area contributed by atoms with E-state index < -0.39 is 5.82 Å². The van der Waals surface area contributed by atoms with Crippen molar-refractivity contribution in [2.75, 3.05) is 36.1 Å². The third kappa shape index (κ3) is 3.21. The third-order valence-electron chi connectivity index (χ3n) is 4.63. The van der Waals surface area contributed by atoms with E-state index in [1.807, 2.05) is 16.0 Å². The van der Waals surface area contributed by atoms with Crippen molar-refractivity contribution >= 4 is 11.8 Å². The minimum Gasteiger partial charge on any atom is -0.378 e. The molecule has 4 rings (SSSR count). The Morgan fingerprint density at radius 3 is 2.50 bits per heavy atom. The Labute approximate surface area is 152 Å². The second-order valence-electron chi connectivity index (χ2n) is 7.71. The largest absolute Gasteiger partial charge is 0.378 e. The highest BCUT2D eigenvalue weighted by molar-refractivity contribution is 5.47. The Bertz CT molecular complexity index is 816. The number of hydrogen-bond acceptors (Lipinski definition) is 7. The number of fused-ring (bicyclic) bond motifs is 1. The fourth-order valence-corrected chi connectivity index (χ4v) is 3.15. The maximum atomic E-state index is 14.2. The van der Waals surface area contributed by atoms with Crippen LogP contribution in [0.1, 0.15) is 37.9 Å². The number of anilines is 2. The Morgan fingerprint density at radius 2 is 1.77 bits per heavy atom. The van der Waals surface area contributed by atoms with Crippen LogP contribution in [-0.4, -0.2) is 46.2 Å². The van der Waals surface area contributed by atoms with E-state index in [-0.39, 0.29) is 5.41 Å². The fraction of sp³-hybridized carbons (Fsp3) is 0.556. The first kappa shape index (κ1) is 17.1. The number of hydrogen-bond donors (Lipinski definition) is 0. The molecule has 138 valence electrons. The Morgan fingerprint density at radius 1 is 1.00 bits per heavy atom. The zero-order valence-corrected chi connectivity index (χ0v) is 15.4. The van der Waals surface area contributed by atoms with Gasteiger partial charge in [-0.05, 0) is 0 Å². The SMILES string of the molecule is CC(C)(C)c1ncc2c(n1)CN(c1ncc(F)c(N3CCOCC3)n1)C2. The summed E-state index contributed by atoms with van der Waals surface area (Å²) in [7, 11) is 0. The Balaban J connectivity index is 1.59. The highest BCUT2D eigenvalue weighted by Crippen LogP contribution is 2.28. The summed E-state index contributed by atoms with van der Waals surface area (Å²) in [6.45, 7) is 9.96. The Hall–Kier alpha value is -2.35. The number of ether oxygens (including phenoxy) is 1. The van der Waals surface area contributed by atoms with Crippen molar-refractivity contribution in [2.24, 2.45) is 0 Å². The van der Waals surface area contributed by atoms with Crippen LogP contribution in [0.15, 0.2) is 12.4 Å². The molecule has 0 amide bonds. The van der Waals surface area contributed by atoms with E-state index in [0.29, 0.717) is 51.2 Å². The van der Waals surface area contributed by atoms with Crippen molar-refractivity contribution < 1.29 is 9.13 Å². The summed E-state index contributed by atoms with van der Waals surface area (Å²) in [5, 5.41) is 0. The molecule has 0 aliphatic carbocycles. The summed E-state index contributed by atoms with van der Waals surface area (Å²) in [6.07, 6.45) is 3.14. The third-order valence-corrected chi connectivity index (χ3v) is 4.63. The van der Waals surface area contributed by atoms with Crippen molar-refractivity contribution in [1.29, 1.82) is 0 Å². The molecule has 0 saturated carbocycles. The van der Waals surface area contributed by atoms with E-state index in [9.17, 15) is 4.39 Å². The number of rotatable bonds is 2. The minimum atomic E-state index is -0.401. The highest BCUT2D eigenvalue weighted by Gasteiger charge is 2.27. The molecule has 0 N–H and O–H groups in total. The van der Waals surface area contributed by atoms with Crippen LogP contribution in [0, 0.1) is 5.82 Å². The number of nitrogens with zero attached hydrogens (tertiary/aromatic N) is 6. The van der Waals surface area contributed by atoms with Crippen LogP contribution in [-0.2, 0) is 23.2 Å². The molecule has 26 heavy (non-hydrogen) atoms. The quantitative estimate of drug-likeness (QED) is 0.814.